The maximum atomic E-state index is 12.4. The first-order valence-corrected chi connectivity index (χ1v) is 8.06. The number of hydrogen-bond acceptors (Lipinski definition) is 4. The molecule has 23 heavy (non-hydrogen) atoms. The van der Waals surface area contributed by atoms with Crippen molar-refractivity contribution in [3.05, 3.63) is 45.1 Å². The molecule has 0 radical (unpaired) electrons. The lowest BCUT2D eigenvalue weighted by atomic mass is 9.91. The Morgan fingerprint density at radius 3 is 2.70 bits per heavy atom. The van der Waals surface area contributed by atoms with Crippen molar-refractivity contribution >= 4 is 46.9 Å². The molecule has 0 spiro atoms. The Kier molecular flexibility index (Phi) is 6.74. The molecule has 2 rings (SSSR count). The second-order valence-electron chi connectivity index (χ2n) is 5.62. The molecule has 1 aromatic carbocycles. The summed E-state index contributed by atoms with van der Waals surface area (Å²) in [5.74, 6) is 0.178. The molecule has 1 aromatic heterocycles. The van der Waals surface area contributed by atoms with Gasteiger partial charge in [-0.2, -0.15) is 0 Å². The standard InChI is InChI=1S/C16H19ClN2O2S.ClH/c1-16(2,14-5-4-6-22-14)9-19-15(20)10-7-11(17)12(18)8-13(10)21-3;/h4-8H,9,18H2,1-3H3,(H,19,20);1H. The van der Waals surface area contributed by atoms with Gasteiger partial charge in [0, 0.05) is 22.9 Å². The fraction of sp³-hybridized carbons (Fsp3) is 0.312. The van der Waals surface area contributed by atoms with E-state index in [2.05, 4.69) is 25.2 Å². The van der Waals surface area contributed by atoms with E-state index in [1.807, 2.05) is 11.4 Å². The van der Waals surface area contributed by atoms with Crippen molar-refractivity contribution in [3.8, 4) is 5.75 Å². The fourth-order valence-electron chi connectivity index (χ4n) is 2.06. The topological polar surface area (TPSA) is 64.3 Å². The summed E-state index contributed by atoms with van der Waals surface area (Å²) in [4.78, 5) is 13.6. The van der Waals surface area contributed by atoms with Crippen molar-refractivity contribution in [2.75, 3.05) is 19.4 Å². The van der Waals surface area contributed by atoms with Gasteiger partial charge in [0.05, 0.1) is 23.4 Å². The highest BCUT2D eigenvalue weighted by Gasteiger charge is 2.24. The maximum absolute atomic E-state index is 12.4. The van der Waals surface area contributed by atoms with Gasteiger partial charge in [-0.25, -0.2) is 0 Å². The van der Waals surface area contributed by atoms with E-state index in [0.29, 0.717) is 28.6 Å². The van der Waals surface area contributed by atoms with E-state index in [4.69, 9.17) is 22.1 Å². The van der Waals surface area contributed by atoms with Crippen molar-refractivity contribution in [2.45, 2.75) is 19.3 Å². The number of hydrogen-bond donors (Lipinski definition) is 2. The summed E-state index contributed by atoms with van der Waals surface area (Å²) in [5, 5.41) is 5.30. The van der Waals surface area contributed by atoms with Crippen molar-refractivity contribution in [2.24, 2.45) is 0 Å². The Hall–Kier alpha value is -1.43. The number of thiophene rings is 1. The summed E-state index contributed by atoms with van der Waals surface area (Å²) >= 11 is 7.68. The minimum Gasteiger partial charge on any atom is -0.496 e. The minimum absolute atomic E-state index is 0. The van der Waals surface area contributed by atoms with Gasteiger partial charge in [-0.15, -0.1) is 23.7 Å². The number of benzene rings is 1. The summed E-state index contributed by atoms with van der Waals surface area (Å²) in [5.41, 5.74) is 6.35. The smallest absolute Gasteiger partial charge is 0.255 e. The summed E-state index contributed by atoms with van der Waals surface area (Å²) in [6.07, 6.45) is 0. The van der Waals surface area contributed by atoms with Gasteiger partial charge in [-0.1, -0.05) is 31.5 Å². The van der Waals surface area contributed by atoms with Crippen LogP contribution in [0.25, 0.3) is 0 Å². The van der Waals surface area contributed by atoms with Crippen LogP contribution in [0.1, 0.15) is 29.1 Å². The molecule has 0 saturated heterocycles. The molecule has 0 aliphatic heterocycles. The van der Waals surface area contributed by atoms with E-state index in [1.54, 1.807) is 17.4 Å². The number of nitrogens with one attached hydrogen (secondary N) is 1. The normalized spacial score (nSPS) is 10.8. The molecule has 0 unspecified atom stereocenters. The molecule has 0 aliphatic carbocycles. The summed E-state index contributed by atoms with van der Waals surface area (Å²) in [7, 11) is 1.50. The quantitative estimate of drug-likeness (QED) is 0.773. The predicted molar refractivity (Wildman–Crippen MR) is 99.3 cm³/mol. The Morgan fingerprint density at radius 2 is 2.13 bits per heavy atom. The number of carbonyl (C=O) groups is 1. The minimum atomic E-state index is -0.233. The highest BCUT2D eigenvalue weighted by molar-refractivity contribution is 7.10. The first-order chi connectivity index (χ1) is 10.3. The van der Waals surface area contributed by atoms with Crippen LogP contribution in [0.4, 0.5) is 5.69 Å². The number of rotatable bonds is 5. The van der Waals surface area contributed by atoms with E-state index < -0.39 is 0 Å². The van der Waals surface area contributed by atoms with Crippen LogP contribution in [-0.2, 0) is 5.41 Å². The van der Waals surface area contributed by atoms with Crippen LogP contribution in [0.5, 0.6) is 5.75 Å². The van der Waals surface area contributed by atoms with Gasteiger partial charge in [-0.05, 0) is 17.5 Å². The molecule has 4 nitrogen and oxygen atoms in total. The zero-order valence-electron chi connectivity index (χ0n) is 13.2. The monoisotopic (exact) mass is 374 g/mol. The molecule has 0 saturated carbocycles. The van der Waals surface area contributed by atoms with Crippen LogP contribution in [0, 0.1) is 0 Å². The first-order valence-electron chi connectivity index (χ1n) is 6.80. The summed E-state index contributed by atoms with van der Waals surface area (Å²) in [6.45, 7) is 4.69. The highest BCUT2D eigenvalue weighted by atomic mass is 35.5. The van der Waals surface area contributed by atoms with Crippen LogP contribution in [0.2, 0.25) is 5.02 Å². The van der Waals surface area contributed by atoms with Crippen molar-refractivity contribution < 1.29 is 9.53 Å². The van der Waals surface area contributed by atoms with E-state index in [0.717, 1.165) is 0 Å². The number of anilines is 1. The molecule has 7 heteroatoms. The van der Waals surface area contributed by atoms with Crippen molar-refractivity contribution in [1.29, 1.82) is 0 Å². The lowest BCUT2D eigenvalue weighted by molar-refractivity contribution is 0.0943. The third kappa shape index (κ3) is 4.53. The largest absolute Gasteiger partial charge is 0.496 e. The van der Waals surface area contributed by atoms with Gasteiger partial charge in [-0.3, -0.25) is 4.79 Å². The van der Waals surface area contributed by atoms with E-state index >= 15 is 0 Å². The van der Waals surface area contributed by atoms with Gasteiger partial charge < -0.3 is 15.8 Å². The zero-order valence-corrected chi connectivity index (χ0v) is 15.6. The van der Waals surface area contributed by atoms with Gasteiger partial charge in [0.15, 0.2) is 0 Å². The van der Waals surface area contributed by atoms with Crippen LogP contribution >= 0.6 is 35.3 Å². The molecule has 126 valence electrons. The number of halogens is 2. The van der Waals surface area contributed by atoms with Crippen LogP contribution < -0.4 is 15.8 Å². The maximum Gasteiger partial charge on any atom is 0.255 e. The first kappa shape index (κ1) is 19.6. The van der Waals surface area contributed by atoms with Gasteiger partial charge in [0.2, 0.25) is 0 Å². The van der Waals surface area contributed by atoms with E-state index in [9.17, 15) is 4.79 Å². The lowest BCUT2D eigenvalue weighted by Crippen LogP contribution is -2.36. The lowest BCUT2D eigenvalue weighted by Gasteiger charge is -2.24. The molecule has 0 bridgehead atoms. The third-order valence-corrected chi connectivity index (χ3v) is 5.01. The van der Waals surface area contributed by atoms with Crippen LogP contribution in [0.3, 0.4) is 0 Å². The summed E-state index contributed by atoms with van der Waals surface area (Å²) in [6, 6.07) is 7.16. The zero-order chi connectivity index (χ0) is 16.3. The molecule has 0 fully saturated rings. The van der Waals surface area contributed by atoms with Crippen LogP contribution in [-0.4, -0.2) is 19.6 Å². The molecular formula is C16H20Cl2N2O2S. The van der Waals surface area contributed by atoms with Crippen molar-refractivity contribution in [1.82, 2.24) is 5.32 Å². The molecule has 0 atom stereocenters. The fourth-order valence-corrected chi connectivity index (χ4v) is 3.08. The molecular weight excluding hydrogens is 355 g/mol. The van der Waals surface area contributed by atoms with E-state index in [1.165, 1.54) is 18.1 Å². The number of ether oxygens (including phenoxy) is 1. The second kappa shape index (κ2) is 7.90. The van der Waals surface area contributed by atoms with Gasteiger partial charge >= 0.3 is 0 Å². The molecule has 2 aromatic rings. The SMILES string of the molecule is COc1cc(N)c(Cl)cc1C(=O)NCC(C)(C)c1cccs1.Cl. The summed E-state index contributed by atoms with van der Waals surface area (Å²) < 4.78 is 5.21. The molecule has 0 aliphatic rings. The third-order valence-electron chi connectivity index (χ3n) is 3.44. The Morgan fingerprint density at radius 1 is 1.43 bits per heavy atom. The second-order valence-corrected chi connectivity index (χ2v) is 6.97. The average Bonchev–Trinajstić information content (AvgIpc) is 3.02. The predicted octanol–water partition coefficient (Wildman–Crippen LogP) is 4.12. The highest BCUT2D eigenvalue weighted by Crippen LogP contribution is 2.30. The van der Waals surface area contributed by atoms with Crippen molar-refractivity contribution in [3.63, 3.8) is 0 Å². The van der Waals surface area contributed by atoms with Crippen LogP contribution in [0.15, 0.2) is 29.6 Å². The number of amides is 1. The molecule has 3 N–H and O–H groups in total. The Bertz CT molecular complexity index is 673. The van der Waals surface area contributed by atoms with E-state index in [-0.39, 0.29) is 23.7 Å². The number of methoxy groups -OCH3 is 1. The number of nitrogens with two attached hydrogens (primary N) is 1. The number of carbonyl (C=O) groups excluding carboxylic acids is 1. The van der Waals surface area contributed by atoms with Gasteiger partial charge in [0.1, 0.15) is 5.75 Å². The number of nitrogen functional groups attached to an aromatic ring is 1. The molecule has 1 heterocycles. The Labute approximate surface area is 151 Å². The average molecular weight is 375 g/mol. The van der Waals surface area contributed by atoms with Gasteiger partial charge in [0.25, 0.3) is 5.91 Å². The molecule has 1 amide bonds. The Balaban J connectivity index is 0.00000264.